The van der Waals surface area contributed by atoms with Crippen molar-refractivity contribution < 1.29 is 9.90 Å². The number of carbonyl (C=O) groups is 1. The maximum atomic E-state index is 12.1. The van der Waals surface area contributed by atoms with Crippen LogP contribution in [0.4, 0.5) is 0 Å². The number of aliphatic hydroxyl groups is 1. The Morgan fingerprint density at radius 3 is 2.67 bits per heavy atom. The molecule has 3 heteroatoms. The third-order valence-corrected chi connectivity index (χ3v) is 3.64. The Labute approximate surface area is 108 Å². The van der Waals surface area contributed by atoms with Crippen molar-refractivity contribution in [3.8, 4) is 0 Å². The number of benzene rings is 1. The topological polar surface area (TPSA) is 40.5 Å². The predicted octanol–water partition coefficient (Wildman–Crippen LogP) is 2.02. The molecule has 0 atom stereocenters. The lowest BCUT2D eigenvalue weighted by molar-refractivity contribution is -0.00420. The molecule has 0 spiro atoms. The minimum absolute atomic E-state index is 0.167. The molecule has 0 bridgehead atoms. The molecule has 1 N–H and O–H groups in total. The molecule has 1 saturated heterocycles. The molecule has 98 valence electrons. The molecule has 1 aliphatic rings. The molecule has 0 aromatic heterocycles. The SMILES string of the molecule is Cc1cccc(C(=O)CN2CCC(C)(O)CC2)c1. The van der Waals surface area contributed by atoms with Gasteiger partial charge in [-0.3, -0.25) is 9.69 Å². The number of Topliss-reactive ketones (excluding diaryl/α,β-unsaturated/α-hetero) is 1. The zero-order valence-electron chi connectivity index (χ0n) is 11.1. The third kappa shape index (κ3) is 3.40. The van der Waals surface area contributed by atoms with Crippen molar-refractivity contribution in [2.24, 2.45) is 0 Å². The maximum Gasteiger partial charge on any atom is 0.176 e. The van der Waals surface area contributed by atoms with Gasteiger partial charge in [0.25, 0.3) is 0 Å². The van der Waals surface area contributed by atoms with Crippen LogP contribution < -0.4 is 0 Å². The van der Waals surface area contributed by atoms with E-state index in [1.54, 1.807) is 0 Å². The fraction of sp³-hybridized carbons (Fsp3) is 0.533. The summed E-state index contributed by atoms with van der Waals surface area (Å²) in [7, 11) is 0. The van der Waals surface area contributed by atoms with Gasteiger partial charge in [0.2, 0.25) is 0 Å². The van der Waals surface area contributed by atoms with Gasteiger partial charge in [-0.2, -0.15) is 0 Å². The highest BCUT2D eigenvalue weighted by molar-refractivity contribution is 5.97. The largest absolute Gasteiger partial charge is 0.390 e. The van der Waals surface area contributed by atoms with Gasteiger partial charge >= 0.3 is 0 Å². The van der Waals surface area contributed by atoms with Crippen LogP contribution in [0.1, 0.15) is 35.7 Å². The number of nitrogens with zero attached hydrogens (tertiary/aromatic N) is 1. The molecular formula is C15H21NO2. The summed E-state index contributed by atoms with van der Waals surface area (Å²) in [6.07, 6.45) is 1.49. The summed E-state index contributed by atoms with van der Waals surface area (Å²) in [4.78, 5) is 14.2. The molecule has 0 radical (unpaired) electrons. The van der Waals surface area contributed by atoms with Crippen molar-refractivity contribution in [3.63, 3.8) is 0 Å². The number of ketones is 1. The lowest BCUT2D eigenvalue weighted by atomic mass is 9.93. The fourth-order valence-corrected chi connectivity index (χ4v) is 2.31. The number of likely N-dealkylation sites (tertiary alicyclic amines) is 1. The summed E-state index contributed by atoms with van der Waals surface area (Å²) >= 11 is 0. The Kier molecular flexibility index (Phi) is 3.83. The Morgan fingerprint density at radius 1 is 1.39 bits per heavy atom. The van der Waals surface area contributed by atoms with Gasteiger partial charge in [-0.1, -0.05) is 23.8 Å². The van der Waals surface area contributed by atoms with Crippen LogP contribution in [-0.2, 0) is 0 Å². The maximum absolute atomic E-state index is 12.1. The van der Waals surface area contributed by atoms with E-state index in [2.05, 4.69) is 4.90 Å². The van der Waals surface area contributed by atoms with Crippen LogP contribution in [0.3, 0.4) is 0 Å². The molecule has 0 saturated carbocycles. The highest BCUT2D eigenvalue weighted by Gasteiger charge is 2.28. The molecule has 1 aromatic carbocycles. The number of rotatable bonds is 3. The standard InChI is InChI=1S/C15H21NO2/c1-12-4-3-5-13(10-12)14(17)11-16-8-6-15(2,18)7-9-16/h3-5,10,18H,6-9,11H2,1-2H3. The fourth-order valence-electron chi connectivity index (χ4n) is 2.31. The number of carbonyl (C=O) groups excluding carboxylic acids is 1. The summed E-state index contributed by atoms with van der Waals surface area (Å²) in [5.41, 5.74) is 1.35. The monoisotopic (exact) mass is 247 g/mol. The highest BCUT2D eigenvalue weighted by atomic mass is 16.3. The van der Waals surface area contributed by atoms with Crippen molar-refractivity contribution >= 4 is 5.78 Å². The summed E-state index contributed by atoms with van der Waals surface area (Å²) in [6, 6.07) is 7.72. The van der Waals surface area contributed by atoms with Crippen LogP contribution >= 0.6 is 0 Å². The number of aryl methyl sites for hydroxylation is 1. The Morgan fingerprint density at radius 2 is 2.06 bits per heavy atom. The van der Waals surface area contributed by atoms with E-state index in [0.717, 1.165) is 37.1 Å². The highest BCUT2D eigenvalue weighted by Crippen LogP contribution is 2.21. The van der Waals surface area contributed by atoms with Crippen molar-refractivity contribution in [3.05, 3.63) is 35.4 Å². The predicted molar refractivity (Wildman–Crippen MR) is 71.8 cm³/mol. The second kappa shape index (κ2) is 5.21. The molecule has 1 heterocycles. The Bertz CT molecular complexity index is 430. The minimum atomic E-state index is -0.553. The van der Waals surface area contributed by atoms with Crippen LogP contribution in [0.15, 0.2) is 24.3 Å². The third-order valence-electron chi connectivity index (χ3n) is 3.64. The molecule has 1 fully saturated rings. The normalized spacial score (nSPS) is 19.7. The van der Waals surface area contributed by atoms with Crippen molar-refractivity contribution in [2.75, 3.05) is 19.6 Å². The molecule has 1 aliphatic heterocycles. The summed E-state index contributed by atoms with van der Waals surface area (Å²) in [5.74, 6) is 0.167. The van der Waals surface area contributed by atoms with E-state index >= 15 is 0 Å². The van der Waals surface area contributed by atoms with Gasteiger partial charge in [0.05, 0.1) is 12.1 Å². The van der Waals surface area contributed by atoms with Gasteiger partial charge in [-0.15, -0.1) is 0 Å². The van der Waals surface area contributed by atoms with E-state index in [1.807, 2.05) is 38.1 Å². The molecule has 0 aliphatic carbocycles. The first-order chi connectivity index (χ1) is 8.46. The zero-order valence-corrected chi connectivity index (χ0v) is 11.1. The summed E-state index contributed by atoms with van der Waals surface area (Å²) in [6.45, 7) is 5.91. The number of hydrogen-bond donors (Lipinski definition) is 1. The Hall–Kier alpha value is -1.19. The zero-order chi connectivity index (χ0) is 13.2. The van der Waals surface area contributed by atoms with E-state index < -0.39 is 5.60 Å². The average molecular weight is 247 g/mol. The average Bonchev–Trinajstić information content (AvgIpc) is 2.32. The van der Waals surface area contributed by atoms with Gasteiger partial charge in [0.15, 0.2) is 5.78 Å². The lowest BCUT2D eigenvalue weighted by Gasteiger charge is -2.35. The van der Waals surface area contributed by atoms with E-state index in [0.29, 0.717) is 6.54 Å². The first kappa shape index (κ1) is 13.2. The number of piperidine rings is 1. The molecule has 0 amide bonds. The Balaban J connectivity index is 1.93. The lowest BCUT2D eigenvalue weighted by Crippen LogP contribution is -2.44. The van der Waals surface area contributed by atoms with Gasteiger partial charge in [-0.05, 0) is 32.8 Å². The second-order valence-electron chi connectivity index (χ2n) is 5.57. The summed E-state index contributed by atoms with van der Waals surface area (Å²) in [5, 5.41) is 9.87. The van der Waals surface area contributed by atoms with Crippen LogP contribution in [0, 0.1) is 6.92 Å². The first-order valence-corrected chi connectivity index (χ1v) is 6.51. The molecule has 2 rings (SSSR count). The second-order valence-corrected chi connectivity index (χ2v) is 5.57. The summed E-state index contributed by atoms with van der Waals surface area (Å²) < 4.78 is 0. The number of hydrogen-bond acceptors (Lipinski definition) is 3. The van der Waals surface area contributed by atoms with Crippen LogP contribution in [0.25, 0.3) is 0 Å². The van der Waals surface area contributed by atoms with Gasteiger partial charge in [0.1, 0.15) is 0 Å². The molecule has 0 unspecified atom stereocenters. The molecular weight excluding hydrogens is 226 g/mol. The smallest absolute Gasteiger partial charge is 0.176 e. The van der Waals surface area contributed by atoms with Gasteiger partial charge in [-0.25, -0.2) is 0 Å². The van der Waals surface area contributed by atoms with Crippen molar-refractivity contribution in [1.82, 2.24) is 4.90 Å². The van der Waals surface area contributed by atoms with E-state index in [9.17, 15) is 9.90 Å². The van der Waals surface area contributed by atoms with Gasteiger partial charge in [0, 0.05) is 18.7 Å². The molecule has 1 aromatic rings. The van der Waals surface area contributed by atoms with Crippen molar-refractivity contribution in [2.45, 2.75) is 32.3 Å². The van der Waals surface area contributed by atoms with Crippen LogP contribution in [0.2, 0.25) is 0 Å². The first-order valence-electron chi connectivity index (χ1n) is 6.51. The minimum Gasteiger partial charge on any atom is -0.390 e. The van der Waals surface area contributed by atoms with E-state index in [1.165, 1.54) is 0 Å². The van der Waals surface area contributed by atoms with Crippen LogP contribution in [-0.4, -0.2) is 41.0 Å². The van der Waals surface area contributed by atoms with Crippen molar-refractivity contribution in [1.29, 1.82) is 0 Å². The van der Waals surface area contributed by atoms with Crippen LogP contribution in [0.5, 0.6) is 0 Å². The quantitative estimate of drug-likeness (QED) is 0.831. The molecule has 18 heavy (non-hydrogen) atoms. The van der Waals surface area contributed by atoms with Gasteiger partial charge < -0.3 is 5.11 Å². The van der Waals surface area contributed by atoms with E-state index in [4.69, 9.17) is 0 Å². The van der Waals surface area contributed by atoms with E-state index in [-0.39, 0.29) is 5.78 Å². The molecule has 3 nitrogen and oxygen atoms in total.